The minimum atomic E-state index is -4.77. The predicted molar refractivity (Wildman–Crippen MR) is 203 cm³/mol. The van der Waals surface area contributed by atoms with Crippen molar-refractivity contribution in [1.29, 1.82) is 0 Å². The van der Waals surface area contributed by atoms with E-state index in [1.807, 2.05) is 19.1 Å². The van der Waals surface area contributed by atoms with Crippen LogP contribution < -0.4 is 0 Å². The van der Waals surface area contributed by atoms with E-state index < -0.39 is 32.5 Å². The standard InChI is InChI=1S/C40H71O9P/c1-4-37(41)31-27-23-19-15-11-7-5-6-8-12-16-20-24-28-32-39(42)47-34-38(35-48-50(44,45)46)49-40(43)33-29-25-21-17-13-9-10-14-18-22-26-30-36(2)3/h6-8,11,16,19-20,23,36-38,41H,4-5,9-10,12-15,17-18,21-22,24-35H2,1-3H3,(H2,44,45,46)/b8-6-,11-7-,20-16-,23-19-/t37-,38+/m0/s1. The smallest absolute Gasteiger partial charge is 0.462 e. The molecule has 0 heterocycles. The molecular weight excluding hydrogens is 655 g/mol. The van der Waals surface area contributed by atoms with Crippen molar-refractivity contribution in [1.82, 2.24) is 0 Å². The van der Waals surface area contributed by atoms with E-state index >= 15 is 0 Å². The number of hydrogen-bond acceptors (Lipinski definition) is 7. The van der Waals surface area contributed by atoms with Crippen LogP contribution in [-0.2, 0) is 28.2 Å². The normalized spacial score (nSPS) is 13.7. The molecule has 0 saturated heterocycles. The number of phosphoric acid groups is 1. The Morgan fingerprint density at radius 3 is 1.62 bits per heavy atom. The first-order valence-electron chi connectivity index (χ1n) is 19.4. The highest BCUT2D eigenvalue weighted by Gasteiger charge is 2.22. The van der Waals surface area contributed by atoms with Gasteiger partial charge in [-0.05, 0) is 63.7 Å². The van der Waals surface area contributed by atoms with E-state index in [4.69, 9.17) is 19.3 Å². The molecule has 0 aliphatic carbocycles. The lowest BCUT2D eigenvalue weighted by Gasteiger charge is -2.18. The van der Waals surface area contributed by atoms with Gasteiger partial charge in [-0.2, -0.15) is 0 Å². The van der Waals surface area contributed by atoms with Gasteiger partial charge in [-0.25, -0.2) is 4.57 Å². The quantitative estimate of drug-likeness (QED) is 0.0256. The van der Waals surface area contributed by atoms with Gasteiger partial charge in [-0.3, -0.25) is 14.1 Å². The van der Waals surface area contributed by atoms with Crippen LogP contribution in [-0.4, -0.2) is 52.3 Å². The Hall–Kier alpha value is -2.03. The van der Waals surface area contributed by atoms with Crippen molar-refractivity contribution in [3.63, 3.8) is 0 Å². The molecule has 0 radical (unpaired) electrons. The van der Waals surface area contributed by atoms with Crippen molar-refractivity contribution in [2.45, 2.75) is 174 Å². The fourth-order valence-electron chi connectivity index (χ4n) is 5.12. The minimum Gasteiger partial charge on any atom is -0.462 e. The maximum absolute atomic E-state index is 12.4. The zero-order chi connectivity index (χ0) is 37.1. The molecule has 10 heteroatoms. The lowest BCUT2D eigenvalue weighted by molar-refractivity contribution is -0.161. The van der Waals surface area contributed by atoms with Gasteiger partial charge in [0.25, 0.3) is 0 Å². The lowest BCUT2D eigenvalue weighted by Crippen LogP contribution is -2.29. The summed E-state index contributed by atoms with van der Waals surface area (Å²) in [6.45, 7) is 5.66. The SMILES string of the molecule is CC[C@H](O)CC/C=C\C/C=C\C/C=C\C/C=C\CCCC(=O)OC[C@H](COP(=O)(O)O)OC(=O)CCCCCCCCCCCCCC(C)C. The molecule has 3 N–H and O–H groups in total. The first kappa shape index (κ1) is 48.0. The zero-order valence-corrected chi connectivity index (χ0v) is 32.5. The Kier molecular flexibility index (Phi) is 32.7. The van der Waals surface area contributed by atoms with Crippen LogP contribution in [0.3, 0.4) is 0 Å². The number of ether oxygens (including phenoxy) is 2. The highest BCUT2D eigenvalue weighted by atomic mass is 31.2. The molecule has 0 spiro atoms. The summed E-state index contributed by atoms with van der Waals surface area (Å²) >= 11 is 0. The molecule has 0 aliphatic rings. The molecule has 290 valence electrons. The van der Waals surface area contributed by atoms with Crippen LogP contribution in [0.25, 0.3) is 0 Å². The Labute approximate surface area is 304 Å². The molecule has 0 aromatic rings. The Morgan fingerprint density at radius 2 is 1.10 bits per heavy atom. The van der Waals surface area contributed by atoms with Crippen LogP contribution in [0.2, 0.25) is 0 Å². The number of esters is 2. The van der Waals surface area contributed by atoms with Crippen molar-refractivity contribution < 1.29 is 43.0 Å². The van der Waals surface area contributed by atoms with Crippen LogP contribution >= 0.6 is 7.82 Å². The van der Waals surface area contributed by atoms with Crippen LogP contribution in [0, 0.1) is 5.92 Å². The van der Waals surface area contributed by atoms with Gasteiger partial charge in [-0.15, -0.1) is 0 Å². The molecule has 50 heavy (non-hydrogen) atoms. The van der Waals surface area contributed by atoms with E-state index in [0.29, 0.717) is 19.3 Å². The number of rotatable bonds is 34. The number of carbonyl (C=O) groups excluding carboxylic acids is 2. The molecule has 9 nitrogen and oxygen atoms in total. The predicted octanol–water partition coefficient (Wildman–Crippen LogP) is 10.4. The molecule has 0 aliphatic heterocycles. The summed E-state index contributed by atoms with van der Waals surface area (Å²) in [4.78, 5) is 42.7. The fraction of sp³-hybridized carbons (Fsp3) is 0.750. The summed E-state index contributed by atoms with van der Waals surface area (Å²) in [6, 6.07) is 0. The second kappa shape index (κ2) is 34.1. The van der Waals surface area contributed by atoms with Crippen LogP contribution in [0.5, 0.6) is 0 Å². The van der Waals surface area contributed by atoms with Gasteiger partial charge in [-0.1, -0.05) is 140 Å². The van der Waals surface area contributed by atoms with E-state index in [2.05, 4.69) is 54.8 Å². The molecular formula is C40H71O9P. The number of allylic oxidation sites excluding steroid dienone is 8. The molecule has 0 amide bonds. The second-order valence-corrected chi connectivity index (χ2v) is 14.8. The fourth-order valence-corrected chi connectivity index (χ4v) is 5.48. The summed E-state index contributed by atoms with van der Waals surface area (Å²) in [5.41, 5.74) is 0. The molecule has 0 fully saturated rings. The Balaban J connectivity index is 4.07. The van der Waals surface area contributed by atoms with Crippen molar-refractivity contribution in [2.24, 2.45) is 5.92 Å². The van der Waals surface area contributed by atoms with E-state index in [9.17, 15) is 19.3 Å². The highest BCUT2D eigenvalue weighted by Crippen LogP contribution is 2.36. The average molecular weight is 727 g/mol. The first-order chi connectivity index (χ1) is 24.0. The number of phosphoric ester groups is 1. The minimum absolute atomic E-state index is 0.178. The first-order valence-corrected chi connectivity index (χ1v) is 20.9. The molecule has 0 aromatic carbocycles. The summed E-state index contributed by atoms with van der Waals surface area (Å²) in [7, 11) is -4.77. The third-order valence-corrected chi connectivity index (χ3v) is 8.68. The molecule has 0 aromatic heterocycles. The van der Waals surface area contributed by atoms with Crippen LogP contribution in [0.4, 0.5) is 0 Å². The van der Waals surface area contributed by atoms with E-state index in [1.54, 1.807) is 0 Å². The monoisotopic (exact) mass is 726 g/mol. The van der Waals surface area contributed by atoms with Crippen molar-refractivity contribution in [3.8, 4) is 0 Å². The average Bonchev–Trinajstić information content (AvgIpc) is 3.07. The number of aliphatic hydroxyl groups is 1. The Morgan fingerprint density at radius 1 is 0.620 bits per heavy atom. The molecule has 0 bridgehead atoms. The Bertz CT molecular complexity index is 983. The second-order valence-electron chi connectivity index (χ2n) is 13.5. The van der Waals surface area contributed by atoms with Gasteiger partial charge in [0.05, 0.1) is 12.7 Å². The van der Waals surface area contributed by atoms with Gasteiger partial charge >= 0.3 is 19.8 Å². The summed E-state index contributed by atoms with van der Waals surface area (Å²) in [5.74, 6) is -0.170. The van der Waals surface area contributed by atoms with Gasteiger partial charge < -0.3 is 24.4 Å². The molecule has 0 saturated carbocycles. The van der Waals surface area contributed by atoms with Gasteiger partial charge in [0.2, 0.25) is 0 Å². The van der Waals surface area contributed by atoms with Gasteiger partial charge in [0.15, 0.2) is 6.10 Å². The number of carbonyl (C=O) groups is 2. The molecule has 0 rings (SSSR count). The number of aliphatic hydroxyl groups excluding tert-OH is 1. The lowest BCUT2D eigenvalue weighted by atomic mass is 10.0. The number of hydrogen-bond donors (Lipinski definition) is 3. The zero-order valence-electron chi connectivity index (χ0n) is 31.6. The third kappa shape index (κ3) is 37.2. The molecule has 2 atom stereocenters. The van der Waals surface area contributed by atoms with Gasteiger partial charge in [0.1, 0.15) is 6.61 Å². The van der Waals surface area contributed by atoms with Crippen LogP contribution in [0.15, 0.2) is 48.6 Å². The van der Waals surface area contributed by atoms with Crippen molar-refractivity contribution >= 4 is 19.8 Å². The van der Waals surface area contributed by atoms with Gasteiger partial charge in [0, 0.05) is 12.8 Å². The summed E-state index contributed by atoms with van der Waals surface area (Å²) in [5, 5.41) is 9.53. The van der Waals surface area contributed by atoms with Crippen molar-refractivity contribution in [3.05, 3.63) is 48.6 Å². The van der Waals surface area contributed by atoms with E-state index in [-0.39, 0.29) is 25.6 Å². The van der Waals surface area contributed by atoms with E-state index in [0.717, 1.165) is 63.7 Å². The molecule has 0 unspecified atom stereocenters. The third-order valence-electron chi connectivity index (χ3n) is 8.19. The topological polar surface area (TPSA) is 140 Å². The maximum atomic E-state index is 12.4. The van der Waals surface area contributed by atoms with Crippen LogP contribution in [0.1, 0.15) is 162 Å². The van der Waals surface area contributed by atoms with E-state index in [1.165, 1.54) is 51.4 Å². The summed E-state index contributed by atoms with van der Waals surface area (Å²) in [6.07, 6.45) is 36.4. The number of unbranched alkanes of at least 4 members (excludes halogenated alkanes) is 11. The van der Waals surface area contributed by atoms with Crippen molar-refractivity contribution in [2.75, 3.05) is 13.2 Å². The largest absolute Gasteiger partial charge is 0.469 e. The highest BCUT2D eigenvalue weighted by molar-refractivity contribution is 7.46. The maximum Gasteiger partial charge on any atom is 0.469 e. The summed E-state index contributed by atoms with van der Waals surface area (Å²) < 4.78 is 26.3.